The molecule has 0 radical (unpaired) electrons. The highest BCUT2D eigenvalue weighted by Crippen LogP contribution is 2.39. The number of nitrogens with one attached hydrogen (secondary N) is 1. The molecule has 27 heavy (non-hydrogen) atoms. The van der Waals surface area contributed by atoms with Gasteiger partial charge in [0.05, 0.1) is 6.04 Å². The van der Waals surface area contributed by atoms with E-state index in [4.69, 9.17) is 21.7 Å². The lowest BCUT2D eigenvalue weighted by atomic mass is 9.99. The molecule has 2 aliphatic rings. The van der Waals surface area contributed by atoms with E-state index in [0.717, 1.165) is 35.1 Å². The van der Waals surface area contributed by atoms with E-state index >= 15 is 0 Å². The number of benzene rings is 1. The predicted molar refractivity (Wildman–Crippen MR) is 113 cm³/mol. The van der Waals surface area contributed by atoms with Crippen LogP contribution in [0.25, 0.3) is 0 Å². The summed E-state index contributed by atoms with van der Waals surface area (Å²) in [6.07, 6.45) is 1.04. The van der Waals surface area contributed by atoms with Crippen LogP contribution in [0.1, 0.15) is 26.9 Å². The highest BCUT2D eigenvalue weighted by molar-refractivity contribution is 7.80. The number of ether oxygens (including phenoxy) is 2. The summed E-state index contributed by atoms with van der Waals surface area (Å²) < 4.78 is 10.8. The van der Waals surface area contributed by atoms with Gasteiger partial charge >= 0.3 is 0 Å². The Morgan fingerprint density at radius 3 is 2.96 bits per heavy atom. The molecule has 138 valence electrons. The summed E-state index contributed by atoms with van der Waals surface area (Å²) in [5.41, 5.74) is 2.52. The summed E-state index contributed by atoms with van der Waals surface area (Å²) in [6, 6.07) is 12.8. The Bertz CT molecular complexity index is 968. The molecular formula is C20H18N2O2S3. The van der Waals surface area contributed by atoms with E-state index in [1.165, 1.54) is 15.3 Å². The Kier molecular flexibility index (Phi) is 4.51. The Balaban J connectivity index is 1.34. The molecule has 0 aliphatic carbocycles. The van der Waals surface area contributed by atoms with Crippen molar-refractivity contribution < 1.29 is 9.47 Å². The van der Waals surface area contributed by atoms with E-state index in [9.17, 15) is 0 Å². The topological polar surface area (TPSA) is 33.7 Å². The first-order valence-corrected chi connectivity index (χ1v) is 11.0. The van der Waals surface area contributed by atoms with Crippen molar-refractivity contribution in [1.29, 1.82) is 0 Å². The van der Waals surface area contributed by atoms with Crippen LogP contribution in [0, 0.1) is 0 Å². The van der Waals surface area contributed by atoms with Crippen LogP contribution in [0.3, 0.4) is 0 Å². The minimum atomic E-state index is 0.205. The Hall–Kier alpha value is -2.09. The summed E-state index contributed by atoms with van der Waals surface area (Å²) in [5, 5.41) is 8.57. The molecule has 3 aromatic rings. The van der Waals surface area contributed by atoms with Crippen molar-refractivity contribution in [2.45, 2.75) is 19.0 Å². The molecule has 0 saturated heterocycles. The van der Waals surface area contributed by atoms with Crippen LogP contribution in [0.2, 0.25) is 0 Å². The standard InChI is InChI=1S/C20H18N2O2S3/c25-20(21-11-13-3-4-15-16(10-13)24-12-23-15)22-7-5-17-14(6-9-27-17)19(22)18-2-1-8-26-18/h1-4,6,8-10,19H,5,7,11-12H2,(H,21,25)/t19-/m0/s1. The lowest BCUT2D eigenvalue weighted by molar-refractivity contribution is 0.174. The minimum Gasteiger partial charge on any atom is -0.454 e. The number of fused-ring (bicyclic) bond motifs is 2. The fraction of sp³-hybridized carbons (Fsp3) is 0.250. The first kappa shape index (κ1) is 17.0. The molecule has 4 nitrogen and oxygen atoms in total. The third kappa shape index (κ3) is 3.20. The van der Waals surface area contributed by atoms with Gasteiger partial charge < -0.3 is 19.7 Å². The van der Waals surface area contributed by atoms with Crippen molar-refractivity contribution in [3.63, 3.8) is 0 Å². The highest BCUT2D eigenvalue weighted by atomic mass is 32.1. The van der Waals surface area contributed by atoms with E-state index < -0.39 is 0 Å². The van der Waals surface area contributed by atoms with E-state index in [-0.39, 0.29) is 6.04 Å². The number of hydrogen-bond donors (Lipinski definition) is 1. The molecule has 4 heterocycles. The molecule has 0 amide bonds. The van der Waals surface area contributed by atoms with Crippen LogP contribution in [-0.4, -0.2) is 23.4 Å². The van der Waals surface area contributed by atoms with Crippen molar-refractivity contribution >= 4 is 40.0 Å². The Labute approximate surface area is 171 Å². The van der Waals surface area contributed by atoms with Crippen LogP contribution in [0.4, 0.5) is 0 Å². The third-order valence-corrected chi connectivity index (χ3v) is 7.22. The van der Waals surface area contributed by atoms with Gasteiger partial charge in [-0.1, -0.05) is 12.1 Å². The average Bonchev–Trinajstić information content (AvgIpc) is 3.45. The maximum Gasteiger partial charge on any atom is 0.231 e. The predicted octanol–water partition coefficient (Wildman–Crippen LogP) is 4.56. The lowest BCUT2D eigenvalue weighted by Crippen LogP contribution is -2.45. The van der Waals surface area contributed by atoms with Crippen LogP contribution in [0.15, 0.2) is 47.2 Å². The normalized spacial score (nSPS) is 17.6. The van der Waals surface area contributed by atoms with Crippen molar-refractivity contribution in [2.75, 3.05) is 13.3 Å². The van der Waals surface area contributed by atoms with Crippen molar-refractivity contribution in [1.82, 2.24) is 10.2 Å². The SMILES string of the molecule is S=C(NCc1ccc2c(c1)OCO2)N1CCc2sccc2[C@H]1c1cccs1. The fourth-order valence-electron chi connectivity index (χ4n) is 3.62. The molecular weight excluding hydrogens is 396 g/mol. The van der Waals surface area contributed by atoms with Crippen LogP contribution in [0.5, 0.6) is 11.5 Å². The zero-order valence-corrected chi connectivity index (χ0v) is 17.0. The van der Waals surface area contributed by atoms with Crippen molar-refractivity contribution in [3.8, 4) is 11.5 Å². The minimum absolute atomic E-state index is 0.205. The first-order chi connectivity index (χ1) is 13.3. The average molecular weight is 415 g/mol. The first-order valence-electron chi connectivity index (χ1n) is 8.82. The maximum absolute atomic E-state index is 5.79. The second-order valence-corrected chi connectivity index (χ2v) is 8.87. The summed E-state index contributed by atoms with van der Waals surface area (Å²) in [5.74, 6) is 1.61. The van der Waals surface area contributed by atoms with Gasteiger partial charge in [-0.3, -0.25) is 0 Å². The third-order valence-electron chi connectivity index (χ3n) is 4.92. The summed E-state index contributed by atoms with van der Waals surface area (Å²) in [7, 11) is 0. The molecule has 7 heteroatoms. The van der Waals surface area contributed by atoms with Gasteiger partial charge in [-0.15, -0.1) is 22.7 Å². The number of thiocarbonyl (C=S) groups is 1. The number of nitrogens with zero attached hydrogens (tertiary/aromatic N) is 1. The van der Waals surface area contributed by atoms with E-state index in [1.807, 2.05) is 29.5 Å². The lowest BCUT2D eigenvalue weighted by Gasteiger charge is -2.37. The molecule has 0 fully saturated rings. The second-order valence-electron chi connectivity index (χ2n) is 6.51. The zero-order chi connectivity index (χ0) is 18.2. The molecule has 0 unspecified atom stereocenters. The van der Waals surface area contributed by atoms with Gasteiger partial charge in [-0.2, -0.15) is 0 Å². The molecule has 0 saturated carbocycles. The molecule has 5 rings (SSSR count). The molecule has 2 aromatic heterocycles. The second kappa shape index (κ2) is 7.14. The monoisotopic (exact) mass is 414 g/mol. The number of hydrogen-bond acceptors (Lipinski definition) is 5. The maximum atomic E-state index is 5.79. The van der Waals surface area contributed by atoms with Gasteiger partial charge in [0.2, 0.25) is 6.79 Å². The molecule has 1 atom stereocenters. The quantitative estimate of drug-likeness (QED) is 0.636. The molecule has 1 aromatic carbocycles. The van der Waals surface area contributed by atoms with Crippen LogP contribution in [-0.2, 0) is 13.0 Å². The van der Waals surface area contributed by atoms with Gasteiger partial charge in [0.25, 0.3) is 0 Å². The molecule has 2 aliphatic heterocycles. The van der Waals surface area contributed by atoms with Crippen molar-refractivity contribution in [2.24, 2.45) is 0 Å². The molecule has 1 N–H and O–H groups in total. The fourth-order valence-corrected chi connectivity index (χ4v) is 5.65. The van der Waals surface area contributed by atoms with Crippen molar-refractivity contribution in [3.05, 3.63) is 68.0 Å². The summed E-state index contributed by atoms with van der Waals surface area (Å²) >= 11 is 9.43. The largest absolute Gasteiger partial charge is 0.454 e. The molecule has 0 bridgehead atoms. The van der Waals surface area contributed by atoms with Gasteiger partial charge in [0.15, 0.2) is 16.6 Å². The summed E-state index contributed by atoms with van der Waals surface area (Å²) in [6.45, 7) is 1.90. The Morgan fingerprint density at radius 1 is 1.15 bits per heavy atom. The van der Waals surface area contributed by atoms with Gasteiger partial charge in [0.1, 0.15) is 0 Å². The van der Waals surface area contributed by atoms with Gasteiger partial charge in [0, 0.05) is 22.8 Å². The zero-order valence-electron chi connectivity index (χ0n) is 14.5. The molecule has 0 spiro atoms. The van der Waals surface area contributed by atoms with Gasteiger partial charge in [-0.05, 0) is 64.8 Å². The van der Waals surface area contributed by atoms with Crippen LogP contribution < -0.4 is 14.8 Å². The number of thiophene rings is 2. The summed E-state index contributed by atoms with van der Waals surface area (Å²) in [4.78, 5) is 5.13. The van der Waals surface area contributed by atoms with E-state index in [1.54, 1.807) is 11.3 Å². The van der Waals surface area contributed by atoms with E-state index in [2.05, 4.69) is 39.2 Å². The highest BCUT2D eigenvalue weighted by Gasteiger charge is 2.31. The number of rotatable bonds is 3. The Morgan fingerprint density at radius 2 is 2.07 bits per heavy atom. The van der Waals surface area contributed by atoms with Gasteiger partial charge in [-0.25, -0.2) is 0 Å². The van der Waals surface area contributed by atoms with Crippen LogP contribution >= 0.6 is 34.9 Å². The smallest absolute Gasteiger partial charge is 0.231 e. The van der Waals surface area contributed by atoms with E-state index in [0.29, 0.717) is 13.3 Å².